The second kappa shape index (κ2) is 7.14. The maximum Gasteiger partial charge on any atom is 0.308 e. The Labute approximate surface area is 130 Å². The van der Waals surface area contributed by atoms with Crippen molar-refractivity contribution in [3.63, 3.8) is 0 Å². The summed E-state index contributed by atoms with van der Waals surface area (Å²) in [7, 11) is 0. The molecule has 0 radical (unpaired) electrons. The minimum absolute atomic E-state index is 0.0517. The average Bonchev–Trinajstić information content (AvgIpc) is 3.02. The molecule has 0 aromatic carbocycles. The molecule has 2 rings (SSSR count). The molecule has 1 amide bonds. The Balaban J connectivity index is 1.96. The second-order valence-corrected chi connectivity index (χ2v) is 6.43. The van der Waals surface area contributed by atoms with E-state index in [1.807, 2.05) is 29.7 Å². The van der Waals surface area contributed by atoms with Gasteiger partial charge >= 0.3 is 5.97 Å². The van der Waals surface area contributed by atoms with Gasteiger partial charge in [-0.3, -0.25) is 9.59 Å². The summed E-state index contributed by atoms with van der Waals surface area (Å²) in [6, 6.07) is 3.71. The Hall–Kier alpha value is -1.99. The molecule has 2 aromatic heterocycles. The number of nitrogens with zero attached hydrogens (tertiary/aromatic N) is 1. The number of thiophene rings is 1. The van der Waals surface area contributed by atoms with Gasteiger partial charge in [-0.05, 0) is 24.3 Å². The summed E-state index contributed by atoms with van der Waals surface area (Å²) in [4.78, 5) is 27.6. The lowest BCUT2D eigenvalue weighted by molar-refractivity contribution is -0.136. The number of aliphatic carboxylic acids is 1. The summed E-state index contributed by atoms with van der Waals surface area (Å²) in [5, 5.41) is 14.2. The number of hydrogen-bond donors (Lipinski definition) is 2. The van der Waals surface area contributed by atoms with Crippen molar-refractivity contribution in [3.8, 4) is 0 Å². The van der Waals surface area contributed by atoms with Crippen molar-refractivity contribution >= 4 is 46.7 Å². The van der Waals surface area contributed by atoms with Gasteiger partial charge in [-0.15, -0.1) is 22.7 Å². The number of rotatable bonds is 6. The number of carbonyl (C=O) groups excluding carboxylic acids is 1. The Morgan fingerprint density at radius 1 is 1.38 bits per heavy atom. The molecular weight excluding hydrogens is 308 g/mol. The maximum atomic E-state index is 10.8. The zero-order chi connectivity index (χ0) is 15.2. The van der Waals surface area contributed by atoms with E-state index >= 15 is 0 Å². The lowest BCUT2D eigenvalue weighted by atomic mass is 10.3. The molecule has 21 heavy (non-hydrogen) atoms. The van der Waals surface area contributed by atoms with Crippen LogP contribution >= 0.6 is 22.7 Å². The largest absolute Gasteiger partial charge is 0.481 e. The monoisotopic (exact) mass is 322 g/mol. The highest BCUT2D eigenvalue weighted by Crippen LogP contribution is 2.20. The van der Waals surface area contributed by atoms with Crippen LogP contribution in [0.15, 0.2) is 17.5 Å². The summed E-state index contributed by atoms with van der Waals surface area (Å²) in [5.74, 6) is -0.902. The molecule has 5 nitrogen and oxygen atoms in total. The zero-order valence-corrected chi connectivity index (χ0v) is 13.0. The van der Waals surface area contributed by atoms with Crippen LogP contribution in [-0.4, -0.2) is 22.0 Å². The zero-order valence-electron chi connectivity index (χ0n) is 11.3. The van der Waals surface area contributed by atoms with Crippen LogP contribution in [-0.2, 0) is 22.6 Å². The van der Waals surface area contributed by atoms with Crippen LogP contribution in [0.25, 0.3) is 12.2 Å². The summed E-state index contributed by atoms with van der Waals surface area (Å²) in [6.07, 6.45) is 3.84. The van der Waals surface area contributed by atoms with Gasteiger partial charge < -0.3 is 10.4 Å². The van der Waals surface area contributed by atoms with E-state index in [4.69, 9.17) is 5.11 Å². The average molecular weight is 322 g/mol. The fourth-order valence-electron chi connectivity index (χ4n) is 1.58. The number of carboxylic acid groups (broad SMARTS) is 1. The van der Waals surface area contributed by atoms with Crippen molar-refractivity contribution < 1.29 is 14.7 Å². The Bertz CT molecular complexity index is 673. The van der Waals surface area contributed by atoms with Gasteiger partial charge in [0.15, 0.2) is 0 Å². The van der Waals surface area contributed by atoms with E-state index in [0.29, 0.717) is 6.54 Å². The van der Waals surface area contributed by atoms with Gasteiger partial charge in [0, 0.05) is 22.1 Å². The second-order valence-electron chi connectivity index (χ2n) is 4.28. The molecule has 0 spiro atoms. The summed E-state index contributed by atoms with van der Waals surface area (Å²) < 4.78 is 0. The highest BCUT2D eigenvalue weighted by molar-refractivity contribution is 7.13. The van der Waals surface area contributed by atoms with E-state index in [0.717, 1.165) is 20.5 Å². The summed E-state index contributed by atoms with van der Waals surface area (Å²) in [5.41, 5.74) is 0.827. The van der Waals surface area contributed by atoms with Crippen LogP contribution in [0.3, 0.4) is 0 Å². The highest BCUT2D eigenvalue weighted by Gasteiger charge is 2.03. The van der Waals surface area contributed by atoms with Crippen LogP contribution < -0.4 is 5.32 Å². The molecule has 7 heteroatoms. The number of carbonyl (C=O) groups is 2. The van der Waals surface area contributed by atoms with Crippen LogP contribution in [0, 0.1) is 0 Å². The molecule has 0 unspecified atom stereocenters. The van der Waals surface area contributed by atoms with Gasteiger partial charge in [-0.25, -0.2) is 4.98 Å². The molecule has 0 atom stereocenters. The fraction of sp³-hybridized carbons (Fsp3) is 0.214. The molecule has 0 aliphatic heterocycles. The molecule has 0 aliphatic rings. The van der Waals surface area contributed by atoms with Crippen molar-refractivity contribution in [2.75, 3.05) is 0 Å². The number of carboxylic acids is 1. The number of nitrogens with one attached hydrogen (secondary N) is 1. The minimum Gasteiger partial charge on any atom is -0.481 e. The highest BCUT2D eigenvalue weighted by atomic mass is 32.1. The first-order valence-corrected chi connectivity index (χ1v) is 7.90. The Kier molecular flexibility index (Phi) is 5.24. The normalized spacial score (nSPS) is 10.9. The molecule has 0 aliphatic carbocycles. The van der Waals surface area contributed by atoms with Gasteiger partial charge in [0.2, 0.25) is 5.91 Å². The van der Waals surface area contributed by atoms with E-state index in [9.17, 15) is 9.59 Å². The van der Waals surface area contributed by atoms with Crippen molar-refractivity contribution in [1.29, 1.82) is 0 Å². The quantitative estimate of drug-likeness (QED) is 0.857. The van der Waals surface area contributed by atoms with Crippen molar-refractivity contribution in [2.24, 2.45) is 0 Å². The molecule has 2 aromatic rings. The van der Waals surface area contributed by atoms with Crippen LogP contribution in [0.1, 0.15) is 27.4 Å². The van der Waals surface area contributed by atoms with E-state index in [2.05, 4.69) is 10.3 Å². The number of thiazole rings is 1. The smallest absolute Gasteiger partial charge is 0.308 e. The fourth-order valence-corrected chi connectivity index (χ4v) is 3.19. The van der Waals surface area contributed by atoms with Gasteiger partial charge in [0.1, 0.15) is 5.01 Å². The van der Waals surface area contributed by atoms with Crippen LogP contribution in [0.5, 0.6) is 0 Å². The standard InChI is InChI=1S/C14H14N2O3S2/c1-9(17)15-7-13-16-10(8-20-13)2-3-11-4-5-12(21-11)6-14(18)19/h2-5,8H,6-7H2,1H3,(H,15,17)(H,18,19). The molecule has 0 bridgehead atoms. The van der Waals surface area contributed by atoms with E-state index < -0.39 is 5.97 Å². The third-order valence-corrected chi connectivity index (χ3v) is 4.40. The van der Waals surface area contributed by atoms with E-state index in [1.54, 1.807) is 0 Å². The number of aromatic nitrogens is 1. The third kappa shape index (κ3) is 5.13. The summed E-state index contributed by atoms with van der Waals surface area (Å²) in [6.45, 7) is 1.91. The first-order chi connectivity index (χ1) is 10.0. The van der Waals surface area contributed by atoms with Gasteiger partial charge in [0.25, 0.3) is 0 Å². The van der Waals surface area contributed by atoms with Gasteiger partial charge in [-0.1, -0.05) is 0 Å². The van der Waals surface area contributed by atoms with Crippen molar-refractivity contribution in [1.82, 2.24) is 10.3 Å². The van der Waals surface area contributed by atoms with Crippen LogP contribution in [0.4, 0.5) is 0 Å². The maximum absolute atomic E-state index is 10.8. The molecule has 0 saturated carbocycles. The lowest BCUT2D eigenvalue weighted by Crippen LogP contribution is -2.18. The Morgan fingerprint density at radius 3 is 2.90 bits per heavy atom. The third-order valence-electron chi connectivity index (χ3n) is 2.48. The van der Waals surface area contributed by atoms with E-state index in [1.165, 1.54) is 29.6 Å². The molecule has 0 saturated heterocycles. The first-order valence-electron chi connectivity index (χ1n) is 6.20. The molecule has 0 fully saturated rings. The molecule has 2 N–H and O–H groups in total. The predicted molar refractivity (Wildman–Crippen MR) is 84.2 cm³/mol. The molecule has 110 valence electrons. The van der Waals surface area contributed by atoms with E-state index in [-0.39, 0.29) is 12.3 Å². The van der Waals surface area contributed by atoms with Crippen molar-refractivity contribution in [3.05, 3.63) is 38.0 Å². The topological polar surface area (TPSA) is 79.3 Å². The first kappa shape index (κ1) is 15.4. The van der Waals surface area contributed by atoms with Gasteiger partial charge in [0.05, 0.1) is 18.7 Å². The van der Waals surface area contributed by atoms with Crippen LogP contribution in [0.2, 0.25) is 0 Å². The minimum atomic E-state index is -0.825. The SMILES string of the molecule is CC(=O)NCc1nc(C=Cc2ccc(CC(=O)O)s2)cs1. The lowest BCUT2D eigenvalue weighted by Gasteiger charge is -1.95. The Morgan fingerprint density at radius 2 is 2.19 bits per heavy atom. The predicted octanol–water partition coefficient (Wildman–Crippen LogP) is 2.64. The molecular formula is C14H14N2O3S2. The number of amides is 1. The number of hydrogen-bond acceptors (Lipinski definition) is 5. The summed E-state index contributed by atoms with van der Waals surface area (Å²) >= 11 is 2.94. The van der Waals surface area contributed by atoms with Crippen molar-refractivity contribution in [2.45, 2.75) is 19.9 Å². The van der Waals surface area contributed by atoms with Gasteiger partial charge in [-0.2, -0.15) is 0 Å². The molecule has 2 heterocycles.